The molecular formula is C18H21N7S. The van der Waals surface area contributed by atoms with E-state index in [1.54, 1.807) is 36.0 Å². The number of piperidine rings is 1. The average Bonchev–Trinajstić information content (AvgIpc) is 3.08. The normalized spacial score (nSPS) is 18.0. The molecule has 1 fully saturated rings. The van der Waals surface area contributed by atoms with Gasteiger partial charge in [-0.15, -0.1) is 11.3 Å². The largest absolute Gasteiger partial charge is 0.307 e. The molecule has 1 N–H and O–H groups in total. The van der Waals surface area contributed by atoms with Crippen LogP contribution in [0.25, 0.3) is 0 Å². The predicted octanol–water partition coefficient (Wildman–Crippen LogP) is 3.15. The molecule has 3 aromatic heterocycles. The molecule has 0 radical (unpaired) electrons. The van der Waals surface area contributed by atoms with E-state index < -0.39 is 0 Å². The van der Waals surface area contributed by atoms with E-state index >= 15 is 0 Å². The number of nitrogens with one attached hydrogen (secondary N) is 1. The van der Waals surface area contributed by atoms with E-state index in [0.717, 1.165) is 36.8 Å². The molecule has 1 unspecified atom stereocenters. The van der Waals surface area contributed by atoms with Gasteiger partial charge in [0, 0.05) is 36.8 Å². The van der Waals surface area contributed by atoms with Gasteiger partial charge in [0.1, 0.15) is 0 Å². The van der Waals surface area contributed by atoms with Gasteiger partial charge in [0.05, 0.1) is 28.8 Å². The standard InChI is InChI=1S/C18H21N7S/c1-13-23-15(12-26-13)11-25-7-2-4-14(10-25)16-8-22-17(9-21-16)24-18-19-5-3-6-20-18/h3,5-6,8-9,12,14H,2,4,7,10-11H2,1H3,(H,19,20,22,24). The third-order valence-electron chi connectivity index (χ3n) is 4.45. The number of rotatable bonds is 5. The Hall–Kier alpha value is -2.45. The zero-order valence-electron chi connectivity index (χ0n) is 14.7. The average molecular weight is 367 g/mol. The van der Waals surface area contributed by atoms with Crippen LogP contribution in [0.2, 0.25) is 0 Å². The molecule has 26 heavy (non-hydrogen) atoms. The first-order valence-electron chi connectivity index (χ1n) is 8.75. The number of hydrogen-bond acceptors (Lipinski definition) is 8. The van der Waals surface area contributed by atoms with Crippen molar-refractivity contribution in [2.24, 2.45) is 0 Å². The fraction of sp³-hybridized carbons (Fsp3) is 0.389. The third kappa shape index (κ3) is 4.20. The number of anilines is 2. The van der Waals surface area contributed by atoms with Crippen LogP contribution >= 0.6 is 11.3 Å². The Kier molecular flexibility index (Phi) is 5.12. The summed E-state index contributed by atoms with van der Waals surface area (Å²) in [7, 11) is 0. The van der Waals surface area contributed by atoms with Crippen LogP contribution in [0.4, 0.5) is 11.8 Å². The highest BCUT2D eigenvalue weighted by atomic mass is 32.1. The first-order chi connectivity index (χ1) is 12.8. The first kappa shape index (κ1) is 17.0. The maximum absolute atomic E-state index is 4.62. The molecular weight excluding hydrogens is 346 g/mol. The smallest absolute Gasteiger partial charge is 0.228 e. The molecule has 134 valence electrons. The van der Waals surface area contributed by atoms with Gasteiger partial charge < -0.3 is 5.32 Å². The Bertz CT molecular complexity index is 834. The van der Waals surface area contributed by atoms with Crippen LogP contribution in [0.15, 0.2) is 36.2 Å². The summed E-state index contributed by atoms with van der Waals surface area (Å²) < 4.78 is 0. The van der Waals surface area contributed by atoms with E-state index in [4.69, 9.17) is 0 Å². The summed E-state index contributed by atoms with van der Waals surface area (Å²) in [6.45, 7) is 5.09. The quantitative estimate of drug-likeness (QED) is 0.742. The lowest BCUT2D eigenvalue weighted by atomic mass is 9.95. The Morgan fingerprint density at radius 2 is 2.08 bits per heavy atom. The van der Waals surface area contributed by atoms with Crippen LogP contribution < -0.4 is 5.32 Å². The molecule has 0 amide bonds. The number of hydrogen-bond donors (Lipinski definition) is 1. The lowest BCUT2D eigenvalue weighted by Crippen LogP contribution is -2.34. The molecule has 0 aromatic carbocycles. The van der Waals surface area contributed by atoms with Gasteiger partial charge in [0.2, 0.25) is 5.95 Å². The number of aromatic nitrogens is 5. The Morgan fingerprint density at radius 1 is 1.19 bits per heavy atom. The molecule has 0 aliphatic carbocycles. The van der Waals surface area contributed by atoms with Crippen LogP contribution in [-0.2, 0) is 6.54 Å². The minimum absolute atomic E-state index is 0.415. The molecule has 0 saturated carbocycles. The lowest BCUT2D eigenvalue weighted by molar-refractivity contribution is 0.196. The van der Waals surface area contributed by atoms with E-state index in [1.165, 1.54) is 12.1 Å². The van der Waals surface area contributed by atoms with Crippen molar-refractivity contribution >= 4 is 23.1 Å². The number of thiazole rings is 1. The van der Waals surface area contributed by atoms with Gasteiger partial charge in [0.25, 0.3) is 0 Å². The molecule has 1 aliphatic heterocycles. The molecule has 4 heterocycles. The van der Waals surface area contributed by atoms with Gasteiger partial charge >= 0.3 is 0 Å². The van der Waals surface area contributed by atoms with Crippen LogP contribution in [0.1, 0.15) is 35.2 Å². The molecule has 1 atom stereocenters. The van der Waals surface area contributed by atoms with Gasteiger partial charge in [0.15, 0.2) is 5.82 Å². The van der Waals surface area contributed by atoms with Crippen molar-refractivity contribution in [2.45, 2.75) is 32.2 Å². The highest BCUT2D eigenvalue weighted by Crippen LogP contribution is 2.26. The summed E-state index contributed by atoms with van der Waals surface area (Å²) in [6, 6.07) is 1.78. The van der Waals surface area contributed by atoms with Crippen molar-refractivity contribution in [3.05, 3.63) is 52.6 Å². The summed E-state index contributed by atoms with van der Waals surface area (Å²) in [6.07, 6.45) is 9.33. The van der Waals surface area contributed by atoms with Crippen LogP contribution in [0.5, 0.6) is 0 Å². The molecule has 1 aliphatic rings. The van der Waals surface area contributed by atoms with Crippen LogP contribution in [-0.4, -0.2) is 42.9 Å². The third-order valence-corrected chi connectivity index (χ3v) is 5.28. The molecule has 0 spiro atoms. The van der Waals surface area contributed by atoms with E-state index in [-0.39, 0.29) is 0 Å². The van der Waals surface area contributed by atoms with Crippen molar-refractivity contribution in [3.63, 3.8) is 0 Å². The van der Waals surface area contributed by atoms with Crippen molar-refractivity contribution in [2.75, 3.05) is 18.4 Å². The molecule has 8 heteroatoms. The predicted molar refractivity (Wildman–Crippen MR) is 101 cm³/mol. The zero-order chi connectivity index (χ0) is 17.8. The highest BCUT2D eigenvalue weighted by molar-refractivity contribution is 7.09. The monoisotopic (exact) mass is 367 g/mol. The second-order valence-corrected chi connectivity index (χ2v) is 7.52. The number of nitrogens with zero attached hydrogens (tertiary/aromatic N) is 6. The minimum Gasteiger partial charge on any atom is -0.307 e. The second-order valence-electron chi connectivity index (χ2n) is 6.46. The Morgan fingerprint density at radius 3 is 2.81 bits per heavy atom. The summed E-state index contributed by atoms with van der Waals surface area (Å²) in [5.74, 6) is 1.60. The van der Waals surface area contributed by atoms with E-state index in [1.807, 2.05) is 6.20 Å². The maximum Gasteiger partial charge on any atom is 0.228 e. The van der Waals surface area contributed by atoms with E-state index in [9.17, 15) is 0 Å². The van der Waals surface area contributed by atoms with Gasteiger partial charge in [-0.2, -0.15) is 0 Å². The summed E-state index contributed by atoms with van der Waals surface area (Å²) in [4.78, 5) is 24.4. The lowest BCUT2D eigenvalue weighted by Gasteiger charge is -2.31. The molecule has 4 rings (SSSR count). The fourth-order valence-corrected chi connectivity index (χ4v) is 3.85. The van der Waals surface area contributed by atoms with Crippen molar-refractivity contribution in [1.82, 2.24) is 29.8 Å². The second kappa shape index (κ2) is 7.84. The van der Waals surface area contributed by atoms with Gasteiger partial charge in [-0.1, -0.05) is 0 Å². The van der Waals surface area contributed by atoms with Crippen molar-refractivity contribution in [3.8, 4) is 0 Å². The highest BCUT2D eigenvalue weighted by Gasteiger charge is 2.23. The van der Waals surface area contributed by atoms with E-state index in [0.29, 0.717) is 17.7 Å². The van der Waals surface area contributed by atoms with Gasteiger partial charge in [-0.25, -0.2) is 19.9 Å². The maximum atomic E-state index is 4.62. The fourth-order valence-electron chi connectivity index (χ4n) is 3.24. The molecule has 1 saturated heterocycles. The molecule has 3 aromatic rings. The topological polar surface area (TPSA) is 79.7 Å². The van der Waals surface area contributed by atoms with Gasteiger partial charge in [-0.05, 0) is 32.4 Å². The van der Waals surface area contributed by atoms with Gasteiger partial charge in [-0.3, -0.25) is 9.88 Å². The van der Waals surface area contributed by atoms with Crippen LogP contribution in [0.3, 0.4) is 0 Å². The van der Waals surface area contributed by atoms with Crippen LogP contribution in [0, 0.1) is 6.92 Å². The number of likely N-dealkylation sites (tertiary alicyclic amines) is 1. The summed E-state index contributed by atoms with van der Waals surface area (Å²) in [5, 5.41) is 6.35. The number of aryl methyl sites for hydroxylation is 1. The summed E-state index contributed by atoms with van der Waals surface area (Å²) in [5.41, 5.74) is 2.21. The summed E-state index contributed by atoms with van der Waals surface area (Å²) >= 11 is 1.72. The van der Waals surface area contributed by atoms with Crippen molar-refractivity contribution in [1.29, 1.82) is 0 Å². The zero-order valence-corrected chi connectivity index (χ0v) is 15.5. The van der Waals surface area contributed by atoms with E-state index in [2.05, 4.69) is 47.4 Å². The first-order valence-corrected chi connectivity index (χ1v) is 9.63. The molecule has 7 nitrogen and oxygen atoms in total. The van der Waals surface area contributed by atoms with Crippen molar-refractivity contribution < 1.29 is 0 Å². The Balaban J connectivity index is 1.38. The molecule has 0 bridgehead atoms. The minimum atomic E-state index is 0.415. The Labute approximate surface area is 156 Å². The SMILES string of the molecule is Cc1nc(CN2CCCC(c3cnc(Nc4ncccn4)cn3)C2)cs1.